The van der Waals surface area contributed by atoms with Gasteiger partial charge in [0.1, 0.15) is 5.78 Å². The summed E-state index contributed by atoms with van der Waals surface area (Å²) in [7, 11) is 2.11. The maximum absolute atomic E-state index is 12.0. The highest BCUT2D eigenvalue weighted by atomic mass is 16.1. The largest absolute Gasteiger partial charge is 0.306 e. The summed E-state index contributed by atoms with van der Waals surface area (Å²) in [5.41, 5.74) is 0. The monoisotopic (exact) mass is 207 g/mol. The molecule has 0 saturated carbocycles. The molecule has 2 nitrogen and oxygen atoms in total. The summed E-state index contributed by atoms with van der Waals surface area (Å²) in [5, 5.41) is 0. The van der Waals surface area contributed by atoms with Crippen LogP contribution in [0, 0.1) is 11.8 Å². The van der Waals surface area contributed by atoms with Gasteiger partial charge in [-0.1, -0.05) is 12.2 Å². The topological polar surface area (TPSA) is 20.3 Å². The van der Waals surface area contributed by atoms with Gasteiger partial charge < -0.3 is 4.90 Å². The number of hydrogen-bond donors (Lipinski definition) is 0. The Kier molecular flexibility index (Phi) is 3.57. The predicted molar refractivity (Wildman–Crippen MR) is 61.7 cm³/mol. The summed E-state index contributed by atoms with van der Waals surface area (Å²) in [6, 6.07) is 0. The van der Waals surface area contributed by atoms with E-state index in [9.17, 15) is 4.79 Å². The van der Waals surface area contributed by atoms with Gasteiger partial charge in [0.2, 0.25) is 0 Å². The highest BCUT2D eigenvalue weighted by Gasteiger charge is 2.27. The molecule has 0 aromatic heterocycles. The molecule has 0 N–H and O–H groups in total. The zero-order valence-electron chi connectivity index (χ0n) is 9.61. The molecule has 2 aliphatic rings. The maximum atomic E-state index is 12.0. The van der Waals surface area contributed by atoms with Gasteiger partial charge in [0.15, 0.2) is 0 Å². The Labute approximate surface area is 92.3 Å². The third-order valence-corrected chi connectivity index (χ3v) is 3.71. The van der Waals surface area contributed by atoms with Crippen LogP contribution in [-0.4, -0.2) is 30.8 Å². The molecule has 0 bridgehead atoms. The molecular weight excluding hydrogens is 186 g/mol. The lowest BCUT2D eigenvalue weighted by molar-refractivity contribution is -0.123. The van der Waals surface area contributed by atoms with E-state index in [4.69, 9.17) is 0 Å². The Morgan fingerprint density at radius 3 is 2.87 bits per heavy atom. The Balaban J connectivity index is 1.79. The third-order valence-electron chi connectivity index (χ3n) is 3.71. The molecule has 0 radical (unpaired) electrons. The number of carbonyl (C=O) groups excluding carboxylic acids is 1. The molecule has 15 heavy (non-hydrogen) atoms. The molecule has 1 saturated heterocycles. The maximum Gasteiger partial charge on any atom is 0.137 e. The molecule has 1 fully saturated rings. The highest BCUT2D eigenvalue weighted by molar-refractivity contribution is 5.81. The minimum atomic E-state index is 0.334. The smallest absolute Gasteiger partial charge is 0.137 e. The number of rotatable bonds is 3. The summed E-state index contributed by atoms with van der Waals surface area (Å²) in [6.07, 6.45) is 9.88. The van der Waals surface area contributed by atoms with Crippen molar-refractivity contribution >= 4 is 5.78 Å². The fraction of sp³-hybridized carbons (Fsp3) is 0.769. The molecule has 0 spiro atoms. The lowest BCUT2D eigenvalue weighted by Gasteiger charge is -2.18. The number of ketones is 1. The van der Waals surface area contributed by atoms with Crippen LogP contribution in [0.1, 0.15) is 32.1 Å². The quantitative estimate of drug-likeness (QED) is 0.662. The molecule has 2 rings (SSSR count). The van der Waals surface area contributed by atoms with Crippen molar-refractivity contribution in [2.24, 2.45) is 11.8 Å². The van der Waals surface area contributed by atoms with Crippen molar-refractivity contribution in [2.45, 2.75) is 32.1 Å². The van der Waals surface area contributed by atoms with Gasteiger partial charge >= 0.3 is 0 Å². The first-order valence-corrected chi connectivity index (χ1v) is 6.12. The molecule has 84 valence electrons. The van der Waals surface area contributed by atoms with E-state index in [0.717, 1.165) is 32.4 Å². The fourth-order valence-corrected chi connectivity index (χ4v) is 2.69. The van der Waals surface area contributed by atoms with Gasteiger partial charge in [0.25, 0.3) is 0 Å². The van der Waals surface area contributed by atoms with Gasteiger partial charge in [0, 0.05) is 18.9 Å². The Hall–Kier alpha value is -0.630. The van der Waals surface area contributed by atoms with E-state index in [-0.39, 0.29) is 0 Å². The first kappa shape index (κ1) is 10.9. The van der Waals surface area contributed by atoms with Gasteiger partial charge in [-0.15, -0.1) is 0 Å². The van der Waals surface area contributed by atoms with E-state index in [1.54, 1.807) is 0 Å². The predicted octanol–water partition coefficient (Wildman–Crippen LogP) is 2.25. The van der Waals surface area contributed by atoms with Crippen molar-refractivity contribution in [3.05, 3.63) is 12.2 Å². The normalized spacial score (nSPS) is 32.1. The summed E-state index contributed by atoms with van der Waals surface area (Å²) in [5.74, 6) is 1.48. The summed E-state index contributed by atoms with van der Waals surface area (Å²) in [6.45, 7) is 2.09. The molecule has 0 aromatic carbocycles. The second-order valence-electron chi connectivity index (χ2n) is 5.07. The third kappa shape index (κ3) is 2.91. The Morgan fingerprint density at radius 2 is 2.27 bits per heavy atom. The van der Waals surface area contributed by atoms with Crippen molar-refractivity contribution in [1.82, 2.24) is 4.90 Å². The van der Waals surface area contributed by atoms with Gasteiger partial charge in [-0.25, -0.2) is 0 Å². The van der Waals surface area contributed by atoms with Crippen molar-refractivity contribution in [3.63, 3.8) is 0 Å². The van der Waals surface area contributed by atoms with E-state index in [2.05, 4.69) is 24.1 Å². The molecule has 2 atom stereocenters. The zero-order chi connectivity index (χ0) is 10.7. The molecule has 1 aliphatic carbocycles. The molecule has 1 heterocycles. The van der Waals surface area contributed by atoms with Crippen molar-refractivity contribution in [2.75, 3.05) is 20.1 Å². The molecule has 1 aliphatic heterocycles. The summed E-state index contributed by atoms with van der Waals surface area (Å²) in [4.78, 5) is 14.3. The lowest BCUT2D eigenvalue weighted by Crippen LogP contribution is -2.22. The van der Waals surface area contributed by atoms with Crippen LogP contribution in [0.25, 0.3) is 0 Å². The van der Waals surface area contributed by atoms with E-state index in [1.807, 2.05) is 0 Å². The van der Waals surface area contributed by atoms with Crippen molar-refractivity contribution in [3.8, 4) is 0 Å². The van der Waals surface area contributed by atoms with Gasteiger partial charge in [0.05, 0.1) is 0 Å². The van der Waals surface area contributed by atoms with E-state index < -0.39 is 0 Å². The Bertz CT molecular complexity index is 259. The van der Waals surface area contributed by atoms with Crippen LogP contribution in [0.15, 0.2) is 12.2 Å². The van der Waals surface area contributed by atoms with Crippen LogP contribution in [0.3, 0.4) is 0 Å². The molecule has 0 amide bonds. The van der Waals surface area contributed by atoms with Crippen LogP contribution >= 0.6 is 0 Å². The zero-order valence-corrected chi connectivity index (χ0v) is 9.61. The molecule has 2 heteroatoms. The van der Waals surface area contributed by atoms with Gasteiger partial charge in [-0.05, 0) is 45.2 Å². The summed E-state index contributed by atoms with van der Waals surface area (Å²) < 4.78 is 0. The second-order valence-corrected chi connectivity index (χ2v) is 5.07. The average Bonchev–Trinajstić information content (AvgIpc) is 2.66. The van der Waals surface area contributed by atoms with Crippen molar-refractivity contribution < 1.29 is 4.79 Å². The first-order chi connectivity index (χ1) is 7.25. The highest BCUT2D eigenvalue weighted by Crippen LogP contribution is 2.25. The van der Waals surface area contributed by atoms with Crippen molar-refractivity contribution in [1.29, 1.82) is 0 Å². The lowest BCUT2D eigenvalue weighted by atomic mass is 9.86. The standard InChI is InChI=1S/C13H21NO/c1-14-8-7-12(10-14)13(15)9-11-5-3-2-4-6-11/h2-3,11-12H,4-10H2,1H3. The van der Waals surface area contributed by atoms with Crippen LogP contribution in [0.4, 0.5) is 0 Å². The number of likely N-dealkylation sites (tertiary alicyclic amines) is 1. The summed E-state index contributed by atoms with van der Waals surface area (Å²) >= 11 is 0. The van der Waals surface area contributed by atoms with Crippen LogP contribution in [0.2, 0.25) is 0 Å². The number of hydrogen-bond acceptors (Lipinski definition) is 2. The minimum absolute atomic E-state index is 0.334. The van der Waals surface area contributed by atoms with Crippen LogP contribution in [-0.2, 0) is 4.79 Å². The first-order valence-electron chi connectivity index (χ1n) is 6.12. The number of Topliss-reactive ketones (excluding diaryl/α,β-unsaturated/α-hetero) is 1. The van der Waals surface area contributed by atoms with E-state index >= 15 is 0 Å². The second kappa shape index (κ2) is 4.93. The molecule has 0 aromatic rings. The average molecular weight is 207 g/mol. The van der Waals surface area contributed by atoms with Gasteiger partial charge in [-0.3, -0.25) is 4.79 Å². The number of nitrogens with zero attached hydrogens (tertiary/aromatic N) is 1. The van der Waals surface area contributed by atoms with Crippen LogP contribution < -0.4 is 0 Å². The molecule has 2 unspecified atom stereocenters. The number of carbonyl (C=O) groups is 1. The van der Waals surface area contributed by atoms with Gasteiger partial charge in [-0.2, -0.15) is 0 Å². The Morgan fingerprint density at radius 1 is 1.40 bits per heavy atom. The number of allylic oxidation sites excluding steroid dienone is 2. The molecular formula is C13H21NO. The fourth-order valence-electron chi connectivity index (χ4n) is 2.69. The van der Waals surface area contributed by atoms with Crippen LogP contribution in [0.5, 0.6) is 0 Å². The SMILES string of the molecule is CN1CCC(C(=O)CC2CC=CCC2)C1. The minimum Gasteiger partial charge on any atom is -0.306 e. The van der Waals surface area contributed by atoms with E-state index in [0.29, 0.717) is 17.6 Å². The van der Waals surface area contributed by atoms with E-state index in [1.165, 1.54) is 12.8 Å².